The quantitative estimate of drug-likeness (QED) is 0.586. The van der Waals surface area contributed by atoms with Gasteiger partial charge in [-0.3, -0.25) is 20.4 Å². The first-order chi connectivity index (χ1) is 13.2. The fourth-order valence-corrected chi connectivity index (χ4v) is 4.43. The van der Waals surface area contributed by atoms with Crippen molar-refractivity contribution < 1.29 is 14.3 Å². The Kier molecular flexibility index (Phi) is 6.87. The van der Waals surface area contributed by atoms with Crippen molar-refractivity contribution in [2.75, 3.05) is 6.61 Å². The molecule has 0 saturated carbocycles. The van der Waals surface area contributed by atoms with Crippen molar-refractivity contribution in [1.29, 1.82) is 0 Å². The summed E-state index contributed by atoms with van der Waals surface area (Å²) in [5.74, 6) is 0.348. The van der Waals surface area contributed by atoms with Gasteiger partial charge in [-0.2, -0.15) is 0 Å². The van der Waals surface area contributed by atoms with E-state index in [4.69, 9.17) is 4.74 Å². The maximum Gasteiger partial charge on any atom is 0.279 e. The Hall–Kier alpha value is -2.34. The van der Waals surface area contributed by atoms with E-state index in [2.05, 4.69) is 10.9 Å². The summed E-state index contributed by atoms with van der Waals surface area (Å²) in [5, 5.41) is 0. The van der Waals surface area contributed by atoms with Gasteiger partial charge in [-0.1, -0.05) is 24.6 Å². The van der Waals surface area contributed by atoms with E-state index in [0.717, 1.165) is 24.2 Å². The number of hydrogen-bond donors (Lipinski definition) is 2. The van der Waals surface area contributed by atoms with Crippen LogP contribution >= 0.6 is 11.3 Å². The standard InChI is InChI=1S/C21H26N2O3S/c1-2-26-17-10-7-6-8-15(17)12-13-20(24)22-23-21(25)19-14-16-9-4-3-5-11-18(16)27-19/h6-8,10,14H,2-5,9,11-13H2,1H3,(H,22,24)(H,23,25). The third-order valence-electron chi connectivity index (χ3n) is 4.68. The Morgan fingerprint density at radius 1 is 1.11 bits per heavy atom. The molecular formula is C21H26N2O3S. The molecule has 0 fully saturated rings. The molecular weight excluding hydrogens is 360 g/mol. The minimum atomic E-state index is -0.240. The summed E-state index contributed by atoms with van der Waals surface area (Å²) < 4.78 is 5.57. The van der Waals surface area contributed by atoms with Crippen LogP contribution in [0.15, 0.2) is 30.3 Å². The molecule has 2 N–H and O–H groups in total. The molecule has 2 aromatic rings. The number of carbonyl (C=O) groups excluding carboxylic acids is 2. The number of benzene rings is 1. The summed E-state index contributed by atoms with van der Waals surface area (Å²) in [7, 11) is 0. The third-order valence-corrected chi connectivity index (χ3v) is 5.92. The van der Waals surface area contributed by atoms with Gasteiger partial charge in [0.25, 0.3) is 5.91 Å². The fourth-order valence-electron chi connectivity index (χ4n) is 3.28. The predicted molar refractivity (Wildman–Crippen MR) is 107 cm³/mol. The van der Waals surface area contributed by atoms with Gasteiger partial charge in [0, 0.05) is 11.3 Å². The minimum absolute atomic E-state index is 0.215. The van der Waals surface area contributed by atoms with Gasteiger partial charge in [-0.15, -0.1) is 11.3 Å². The van der Waals surface area contributed by atoms with Gasteiger partial charge in [-0.05, 0) is 62.3 Å². The van der Waals surface area contributed by atoms with E-state index in [1.807, 2.05) is 37.3 Å². The summed E-state index contributed by atoms with van der Waals surface area (Å²) >= 11 is 1.55. The molecule has 2 amide bonds. The maximum atomic E-state index is 12.3. The smallest absolute Gasteiger partial charge is 0.279 e. The zero-order valence-electron chi connectivity index (χ0n) is 15.7. The molecule has 0 unspecified atom stereocenters. The molecule has 1 aliphatic rings. The van der Waals surface area contributed by atoms with E-state index in [9.17, 15) is 9.59 Å². The number of aryl methyl sites for hydroxylation is 3. The lowest BCUT2D eigenvalue weighted by Crippen LogP contribution is -2.41. The number of ether oxygens (including phenoxy) is 1. The number of carbonyl (C=O) groups is 2. The van der Waals surface area contributed by atoms with Crippen LogP contribution in [0.4, 0.5) is 0 Å². The molecule has 0 saturated heterocycles. The maximum absolute atomic E-state index is 12.3. The molecule has 1 aromatic heterocycles. The zero-order chi connectivity index (χ0) is 19.1. The van der Waals surface area contributed by atoms with E-state index in [0.29, 0.717) is 17.9 Å². The van der Waals surface area contributed by atoms with Crippen LogP contribution in [0.1, 0.15) is 58.3 Å². The number of rotatable bonds is 6. The molecule has 27 heavy (non-hydrogen) atoms. The van der Waals surface area contributed by atoms with Gasteiger partial charge in [0.15, 0.2) is 0 Å². The van der Waals surface area contributed by atoms with E-state index < -0.39 is 0 Å². The molecule has 0 spiro atoms. The highest BCUT2D eigenvalue weighted by Crippen LogP contribution is 2.28. The monoisotopic (exact) mass is 386 g/mol. The summed E-state index contributed by atoms with van der Waals surface area (Å²) in [6, 6.07) is 9.68. The van der Waals surface area contributed by atoms with Crippen LogP contribution in [-0.4, -0.2) is 18.4 Å². The van der Waals surface area contributed by atoms with Crippen molar-refractivity contribution in [3.05, 3.63) is 51.2 Å². The highest BCUT2D eigenvalue weighted by atomic mass is 32.1. The van der Waals surface area contributed by atoms with E-state index >= 15 is 0 Å². The van der Waals surface area contributed by atoms with Gasteiger partial charge < -0.3 is 4.74 Å². The van der Waals surface area contributed by atoms with E-state index in [1.54, 1.807) is 11.3 Å². The number of hydrazine groups is 1. The van der Waals surface area contributed by atoms with Gasteiger partial charge in [-0.25, -0.2) is 0 Å². The lowest BCUT2D eigenvalue weighted by molar-refractivity contribution is -0.121. The molecule has 3 rings (SSSR count). The van der Waals surface area contributed by atoms with Crippen LogP contribution in [0, 0.1) is 0 Å². The fraction of sp³-hybridized carbons (Fsp3) is 0.429. The van der Waals surface area contributed by atoms with Crippen molar-refractivity contribution >= 4 is 23.2 Å². The first-order valence-electron chi connectivity index (χ1n) is 9.59. The van der Waals surface area contributed by atoms with E-state index in [1.165, 1.54) is 29.7 Å². The third kappa shape index (κ3) is 5.32. The summed E-state index contributed by atoms with van der Waals surface area (Å²) in [5.41, 5.74) is 7.34. The largest absolute Gasteiger partial charge is 0.494 e. The first-order valence-corrected chi connectivity index (χ1v) is 10.4. The van der Waals surface area contributed by atoms with Crippen molar-refractivity contribution in [1.82, 2.24) is 10.9 Å². The molecule has 1 aromatic carbocycles. The van der Waals surface area contributed by atoms with Crippen molar-refractivity contribution in [3.63, 3.8) is 0 Å². The highest BCUT2D eigenvalue weighted by molar-refractivity contribution is 7.14. The summed E-state index contributed by atoms with van der Waals surface area (Å²) in [4.78, 5) is 26.4. The minimum Gasteiger partial charge on any atom is -0.494 e. The molecule has 0 aliphatic heterocycles. The summed E-state index contributed by atoms with van der Waals surface area (Å²) in [6.45, 7) is 2.52. The number of amides is 2. The van der Waals surface area contributed by atoms with Crippen LogP contribution < -0.4 is 15.6 Å². The Balaban J connectivity index is 1.48. The highest BCUT2D eigenvalue weighted by Gasteiger charge is 2.17. The van der Waals surface area contributed by atoms with Gasteiger partial charge in [0.05, 0.1) is 11.5 Å². The molecule has 0 atom stereocenters. The molecule has 144 valence electrons. The van der Waals surface area contributed by atoms with Crippen LogP contribution in [0.3, 0.4) is 0 Å². The Morgan fingerprint density at radius 2 is 1.93 bits per heavy atom. The first kappa shape index (κ1) is 19.4. The average molecular weight is 387 g/mol. The Labute approximate surface area is 164 Å². The zero-order valence-corrected chi connectivity index (χ0v) is 16.5. The van der Waals surface area contributed by atoms with Crippen molar-refractivity contribution in [3.8, 4) is 5.75 Å². The number of para-hydroxylation sites is 1. The van der Waals surface area contributed by atoms with Crippen LogP contribution in [0.25, 0.3) is 0 Å². The molecule has 1 aliphatic carbocycles. The second kappa shape index (κ2) is 9.55. The Bertz CT molecular complexity index is 777. The second-order valence-electron chi connectivity index (χ2n) is 6.66. The number of nitrogens with one attached hydrogen (secondary N) is 2. The molecule has 0 bridgehead atoms. The molecule has 5 nitrogen and oxygen atoms in total. The molecule has 1 heterocycles. The van der Waals surface area contributed by atoms with Gasteiger partial charge in [0.2, 0.25) is 5.91 Å². The lowest BCUT2D eigenvalue weighted by Gasteiger charge is -2.10. The van der Waals surface area contributed by atoms with Crippen molar-refractivity contribution in [2.45, 2.75) is 51.9 Å². The molecule has 0 radical (unpaired) electrons. The normalized spacial score (nSPS) is 13.4. The van der Waals surface area contributed by atoms with Crippen LogP contribution in [0.2, 0.25) is 0 Å². The summed E-state index contributed by atoms with van der Waals surface area (Å²) in [6.07, 6.45) is 6.57. The van der Waals surface area contributed by atoms with Crippen LogP contribution in [0.5, 0.6) is 5.75 Å². The van der Waals surface area contributed by atoms with Gasteiger partial charge in [0.1, 0.15) is 5.75 Å². The molecule has 6 heteroatoms. The predicted octanol–water partition coefficient (Wildman–Crippen LogP) is 3.81. The Morgan fingerprint density at radius 3 is 2.78 bits per heavy atom. The number of fused-ring (bicyclic) bond motifs is 1. The SMILES string of the molecule is CCOc1ccccc1CCC(=O)NNC(=O)c1cc2c(s1)CCCCC2. The van der Waals surface area contributed by atoms with Gasteiger partial charge >= 0.3 is 0 Å². The number of thiophene rings is 1. The topological polar surface area (TPSA) is 67.4 Å². The van der Waals surface area contributed by atoms with Crippen molar-refractivity contribution in [2.24, 2.45) is 0 Å². The second-order valence-corrected chi connectivity index (χ2v) is 7.80. The average Bonchev–Trinajstić information content (AvgIpc) is 2.96. The lowest BCUT2D eigenvalue weighted by atomic mass is 10.1. The van der Waals surface area contributed by atoms with E-state index in [-0.39, 0.29) is 18.2 Å². The number of hydrogen-bond acceptors (Lipinski definition) is 4. The van der Waals surface area contributed by atoms with Crippen LogP contribution in [-0.2, 0) is 24.1 Å².